The monoisotopic (exact) mass is 612 g/mol. The molecule has 0 radical (unpaired) electrons. The van der Waals surface area contributed by atoms with Gasteiger partial charge in [0, 0.05) is 19.3 Å². The molecule has 1 unspecified atom stereocenters. The summed E-state index contributed by atoms with van der Waals surface area (Å²) in [5.41, 5.74) is 0. The van der Waals surface area contributed by atoms with Gasteiger partial charge in [0.25, 0.3) is 0 Å². The number of hydrogen-bond acceptors (Lipinski definition) is 6. The van der Waals surface area contributed by atoms with E-state index < -0.39 is 5.97 Å². The van der Waals surface area contributed by atoms with Crippen molar-refractivity contribution in [1.29, 1.82) is 0 Å². The SMILES string of the molecule is CCCCCC(CCCCC)CCOC(=O)CCCCCCCC(CCCCCCCC(=O)O)OC(=O)CCCN(C)C. The van der Waals surface area contributed by atoms with Gasteiger partial charge in [-0.2, -0.15) is 0 Å². The zero-order chi connectivity index (χ0) is 32.0. The molecule has 0 amide bonds. The van der Waals surface area contributed by atoms with Gasteiger partial charge in [-0.05, 0) is 77.9 Å². The summed E-state index contributed by atoms with van der Waals surface area (Å²) >= 11 is 0. The molecule has 0 aromatic rings. The van der Waals surface area contributed by atoms with Crippen molar-refractivity contribution in [2.24, 2.45) is 5.92 Å². The largest absolute Gasteiger partial charge is 0.481 e. The molecule has 0 aliphatic heterocycles. The Morgan fingerprint density at radius 3 is 1.60 bits per heavy atom. The second-order valence-electron chi connectivity index (χ2n) is 12.9. The van der Waals surface area contributed by atoms with Gasteiger partial charge in [-0.1, -0.05) is 104 Å². The van der Waals surface area contributed by atoms with Crippen LogP contribution in [-0.2, 0) is 23.9 Å². The molecule has 1 N–H and O–H groups in total. The molecule has 0 heterocycles. The molecule has 0 saturated heterocycles. The average molecular weight is 612 g/mol. The quantitative estimate of drug-likeness (QED) is 0.0598. The number of rotatable bonds is 32. The van der Waals surface area contributed by atoms with Crippen LogP contribution in [0.4, 0.5) is 0 Å². The minimum atomic E-state index is -0.726. The van der Waals surface area contributed by atoms with Crippen molar-refractivity contribution in [3.05, 3.63) is 0 Å². The molecule has 0 fully saturated rings. The van der Waals surface area contributed by atoms with Crippen molar-refractivity contribution in [2.75, 3.05) is 27.2 Å². The lowest BCUT2D eigenvalue weighted by molar-refractivity contribution is -0.150. The summed E-state index contributed by atoms with van der Waals surface area (Å²) in [4.78, 5) is 37.4. The molecule has 0 saturated carbocycles. The first kappa shape index (κ1) is 41.4. The Morgan fingerprint density at radius 2 is 1.07 bits per heavy atom. The van der Waals surface area contributed by atoms with Crippen molar-refractivity contribution >= 4 is 17.9 Å². The molecule has 7 heteroatoms. The first-order valence-corrected chi connectivity index (χ1v) is 18.0. The number of hydrogen-bond donors (Lipinski definition) is 1. The molecule has 0 aliphatic carbocycles. The zero-order valence-electron chi connectivity index (χ0n) is 28.7. The molecule has 0 aliphatic rings. The lowest BCUT2D eigenvalue weighted by Gasteiger charge is -2.18. The van der Waals surface area contributed by atoms with E-state index in [9.17, 15) is 14.4 Å². The summed E-state index contributed by atoms with van der Waals surface area (Å²) in [7, 11) is 4.02. The Kier molecular flexibility index (Phi) is 29.2. The number of carboxylic acid groups (broad SMARTS) is 1. The van der Waals surface area contributed by atoms with Crippen LogP contribution in [0.1, 0.15) is 174 Å². The molecule has 0 spiro atoms. The number of carbonyl (C=O) groups excluding carboxylic acids is 2. The van der Waals surface area contributed by atoms with Crippen molar-refractivity contribution in [1.82, 2.24) is 4.90 Å². The number of carboxylic acids is 1. The molecule has 0 bridgehead atoms. The number of nitrogens with zero attached hydrogens (tertiary/aromatic N) is 1. The summed E-state index contributed by atoms with van der Waals surface area (Å²) in [6.07, 6.45) is 24.8. The summed E-state index contributed by atoms with van der Waals surface area (Å²) < 4.78 is 11.4. The molecule has 254 valence electrons. The van der Waals surface area contributed by atoms with Crippen molar-refractivity contribution in [2.45, 2.75) is 180 Å². The molecular weight excluding hydrogens is 542 g/mol. The fourth-order valence-corrected chi connectivity index (χ4v) is 5.61. The smallest absolute Gasteiger partial charge is 0.306 e. The lowest BCUT2D eigenvalue weighted by Crippen LogP contribution is -2.20. The van der Waals surface area contributed by atoms with Crippen LogP contribution in [0.15, 0.2) is 0 Å². The normalized spacial score (nSPS) is 12.1. The number of ether oxygens (including phenoxy) is 2. The Morgan fingerprint density at radius 1 is 0.581 bits per heavy atom. The Hall–Kier alpha value is -1.63. The predicted octanol–water partition coefficient (Wildman–Crippen LogP) is 9.50. The minimum absolute atomic E-state index is 0.0337. The average Bonchev–Trinajstić information content (AvgIpc) is 2.95. The summed E-state index contributed by atoms with van der Waals surface area (Å²) in [5.74, 6) is -0.183. The second-order valence-corrected chi connectivity index (χ2v) is 12.9. The van der Waals surface area contributed by atoms with Crippen LogP contribution in [0.3, 0.4) is 0 Å². The first-order valence-electron chi connectivity index (χ1n) is 18.0. The molecule has 7 nitrogen and oxygen atoms in total. The third-order valence-electron chi connectivity index (χ3n) is 8.33. The highest BCUT2D eigenvalue weighted by atomic mass is 16.5. The zero-order valence-corrected chi connectivity index (χ0v) is 28.7. The summed E-state index contributed by atoms with van der Waals surface area (Å²) in [5, 5.41) is 8.77. The molecule has 1 atom stereocenters. The third-order valence-corrected chi connectivity index (χ3v) is 8.33. The Balaban J connectivity index is 4.19. The van der Waals surface area contributed by atoms with E-state index in [1.54, 1.807) is 0 Å². The van der Waals surface area contributed by atoms with Crippen LogP contribution in [0.2, 0.25) is 0 Å². The fourth-order valence-electron chi connectivity index (χ4n) is 5.61. The number of esters is 2. The second kappa shape index (κ2) is 30.4. The van der Waals surface area contributed by atoms with Gasteiger partial charge in [0.15, 0.2) is 0 Å². The van der Waals surface area contributed by atoms with E-state index in [2.05, 4.69) is 18.7 Å². The van der Waals surface area contributed by atoms with Crippen molar-refractivity contribution < 1.29 is 29.0 Å². The molecule has 0 rings (SSSR count). The van der Waals surface area contributed by atoms with Gasteiger partial charge in [0.05, 0.1) is 6.61 Å². The molecular formula is C36H69NO6. The first-order chi connectivity index (χ1) is 20.8. The Bertz CT molecular complexity index is 658. The van der Waals surface area contributed by atoms with Crippen LogP contribution < -0.4 is 0 Å². The molecule has 0 aromatic carbocycles. The maximum absolute atomic E-state index is 12.4. The van der Waals surface area contributed by atoms with Crippen molar-refractivity contribution in [3.8, 4) is 0 Å². The van der Waals surface area contributed by atoms with Gasteiger partial charge < -0.3 is 19.5 Å². The predicted molar refractivity (Wildman–Crippen MR) is 177 cm³/mol. The van der Waals surface area contributed by atoms with Crippen LogP contribution in [0, 0.1) is 5.92 Å². The highest BCUT2D eigenvalue weighted by Gasteiger charge is 2.15. The number of aliphatic carboxylic acids is 1. The van der Waals surface area contributed by atoms with E-state index in [1.807, 2.05) is 14.1 Å². The van der Waals surface area contributed by atoms with Gasteiger partial charge in [-0.3, -0.25) is 14.4 Å². The Labute approximate surface area is 265 Å². The highest BCUT2D eigenvalue weighted by molar-refractivity contribution is 5.69. The van der Waals surface area contributed by atoms with Gasteiger partial charge in [-0.25, -0.2) is 0 Å². The van der Waals surface area contributed by atoms with E-state index in [4.69, 9.17) is 14.6 Å². The van der Waals surface area contributed by atoms with Crippen LogP contribution in [-0.4, -0.2) is 61.3 Å². The van der Waals surface area contributed by atoms with Crippen molar-refractivity contribution in [3.63, 3.8) is 0 Å². The van der Waals surface area contributed by atoms with Crippen LogP contribution in [0.25, 0.3) is 0 Å². The minimum Gasteiger partial charge on any atom is -0.481 e. The van der Waals surface area contributed by atoms with E-state index in [0.29, 0.717) is 25.4 Å². The highest BCUT2D eigenvalue weighted by Crippen LogP contribution is 2.21. The van der Waals surface area contributed by atoms with E-state index in [-0.39, 0.29) is 24.5 Å². The van der Waals surface area contributed by atoms with Gasteiger partial charge in [-0.15, -0.1) is 0 Å². The number of carbonyl (C=O) groups is 3. The summed E-state index contributed by atoms with van der Waals surface area (Å²) in [6, 6.07) is 0. The van der Waals surface area contributed by atoms with E-state index in [1.165, 1.54) is 51.4 Å². The summed E-state index contributed by atoms with van der Waals surface area (Å²) in [6.45, 7) is 5.94. The third kappa shape index (κ3) is 30.2. The van der Waals surface area contributed by atoms with Crippen LogP contribution in [0.5, 0.6) is 0 Å². The maximum atomic E-state index is 12.4. The van der Waals surface area contributed by atoms with Gasteiger partial charge in [0.1, 0.15) is 6.10 Å². The van der Waals surface area contributed by atoms with E-state index >= 15 is 0 Å². The standard InChI is InChI=1S/C36H69NO6/c1-5-7-15-22-32(23-16-8-6-2)29-31-42-35(40)27-20-14-10-12-18-25-33(43-36(41)28-21-30-37(3)4)24-17-11-9-13-19-26-34(38)39/h32-33H,5-31H2,1-4H3,(H,38,39). The molecule has 0 aromatic heterocycles. The number of unbranched alkanes of at least 4 members (excludes halogenated alkanes) is 12. The maximum Gasteiger partial charge on any atom is 0.306 e. The fraction of sp³-hybridized carbons (Fsp3) is 0.917. The topological polar surface area (TPSA) is 93.1 Å². The van der Waals surface area contributed by atoms with Crippen LogP contribution >= 0.6 is 0 Å². The lowest BCUT2D eigenvalue weighted by atomic mass is 9.92. The van der Waals surface area contributed by atoms with Gasteiger partial charge in [0.2, 0.25) is 0 Å². The molecule has 43 heavy (non-hydrogen) atoms. The van der Waals surface area contributed by atoms with Gasteiger partial charge >= 0.3 is 17.9 Å². The van der Waals surface area contributed by atoms with E-state index in [0.717, 1.165) is 96.4 Å².